The number of ether oxygens (including phenoxy) is 1. The van der Waals surface area contributed by atoms with E-state index in [9.17, 15) is 0 Å². The second kappa shape index (κ2) is 5.61. The van der Waals surface area contributed by atoms with Crippen molar-refractivity contribution in [3.05, 3.63) is 0 Å². The van der Waals surface area contributed by atoms with Crippen LogP contribution in [0.3, 0.4) is 0 Å². The summed E-state index contributed by atoms with van der Waals surface area (Å²) in [5.41, 5.74) is 0. The molecule has 78 valence electrons. The molecule has 2 nitrogen and oxygen atoms in total. The van der Waals surface area contributed by atoms with Gasteiger partial charge >= 0.3 is 0 Å². The van der Waals surface area contributed by atoms with Crippen molar-refractivity contribution in [1.29, 1.82) is 0 Å². The molecule has 1 N–H and O–H groups in total. The van der Waals surface area contributed by atoms with Gasteiger partial charge in [-0.2, -0.15) is 0 Å². The van der Waals surface area contributed by atoms with Crippen LogP contribution in [0, 0.1) is 11.8 Å². The lowest BCUT2D eigenvalue weighted by atomic mass is 9.99. The molecule has 0 aromatic carbocycles. The van der Waals surface area contributed by atoms with Gasteiger partial charge in [0.1, 0.15) is 0 Å². The van der Waals surface area contributed by atoms with Crippen molar-refractivity contribution in [3.63, 3.8) is 0 Å². The van der Waals surface area contributed by atoms with Crippen molar-refractivity contribution < 1.29 is 4.74 Å². The summed E-state index contributed by atoms with van der Waals surface area (Å²) in [5.74, 6) is 1.58. The summed E-state index contributed by atoms with van der Waals surface area (Å²) in [6.07, 6.45) is 2.47. The van der Waals surface area contributed by atoms with E-state index >= 15 is 0 Å². The van der Waals surface area contributed by atoms with Gasteiger partial charge in [-0.3, -0.25) is 0 Å². The van der Waals surface area contributed by atoms with E-state index in [1.54, 1.807) is 0 Å². The molecule has 0 bridgehead atoms. The van der Waals surface area contributed by atoms with E-state index in [-0.39, 0.29) is 0 Å². The average Bonchev–Trinajstić information content (AvgIpc) is 2.15. The van der Waals surface area contributed by atoms with Gasteiger partial charge in [0.15, 0.2) is 0 Å². The van der Waals surface area contributed by atoms with Crippen LogP contribution in [0.4, 0.5) is 0 Å². The van der Waals surface area contributed by atoms with E-state index in [2.05, 4.69) is 26.1 Å². The molecule has 1 saturated heterocycles. The summed E-state index contributed by atoms with van der Waals surface area (Å²) in [7, 11) is 0. The lowest BCUT2D eigenvalue weighted by molar-refractivity contribution is 0.0651. The molecule has 2 heteroatoms. The van der Waals surface area contributed by atoms with Gasteiger partial charge in [0.2, 0.25) is 0 Å². The number of rotatable bonds is 4. The second-order valence-corrected chi connectivity index (χ2v) is 4.50. The van der Waals surface area contributed by atoms with Gasteiger partial charge in [-0.15, -0.1) is 0 Å². The highest BCUT2D eigenvalue weighted by Crippen LogP contribution is 2.14. The van der Waals surface area contributed by atoms with Gasteiger partial charge in [0.25, 0.3) is 0 Å². The Morgan fingerprint density at radius 1 is 1.23 bits per heavy atom. The predicted octanol–water partition coefficient (Wildman–Crippen LogP) is 2.05. The third-order valence-corrected chi connectivity index (χ3v) is 3.07. The molecule has 0 radical (unpaired) electrons. The Kier molecular flexibility index (Phi) is 4.74. The van der Waals surface area contributed by atoms with Crippen molar-refractivity contribution in [2.75, 3.05) is 19.8 Å². The zero-order valence-corrected chi connectivity index (χ0v) is 9.18. The molecule has 0 spiro atoms. The highest BCUT2D eigenvalue weighted by molar-refractivity contribution is 4.70. The Morgan fingerprint density at radius 2 is 1.85 bits per heavy atom. The molecule has 1 fully saturated rings. The Bertz CT molecular complexity index is 130. The molecule has 1 aliphatic heterocycles. The topological polar surface area (TPSA) is 21.3 Å². The lowest BCUT2D eigenvalue weighted by Gasteiger charge is -2.25. The van der Waals surface area contributed by atoms with Gasteiger partial charge < -0.3 is 10.1 Å². The van der Waals surface area contributed by atoms with Crippen molar-refractivity contribution in [2.24, 2.45) is 11.8 Å². The summed E-state index contributed by atoms with van der Waals surface area (Å²) in [5, 5.41) is 3.60. The van der Waals surface area contributed by atoms with Crippen molar-refractivity contribution >= 4 is 0 Å². The maximum Gasteiger partial charge on any atom is 0.0469 e. The standard InChI is InChI=1S/C11H23NO/c1-9(2)10(3)12-8-11-4-6-13-7-5-11/h9-12H,4-8H2,1-3H3. The van der Waals surface area contributed by atoms with E-state index in [1.807, 2.05) is 0 Å². The molecule has 0 aromatic rings. The SMILES string of the molecule is CC(C)C(C)NCC1CCOCC1. The van der Waals surface area contributed by atoms with Crippen LogP contribution in [0.25, 0.3) is 0 Å². The molecular formula is C11H23NO. The Hall–Kier alpha value is -0.0800. The van der Waals surface area contributed by atoms with E-state index in [4.69, 9.17) is 4.74 Å². The number of nitrogens with one attached hydrogen (secondary N) is 1. The van der Waals surface area contributed by atoms with Gasteiger partial charge in [0, 0.05) is 19.3 Å². The van der Waals surface area contributed by atoms with Crippen LogP contribution in [0.2, 0.25) is 0 Å². The van der Waals surface area contributed by atoms with Gasteiger partial charge in [-0.25, -0.2) is 0 Å². The molecule has 1 aliphatic rings. The largest absolute Gasteiger partial charge is 0.381 e. The summed E-state index contributed by atoms with van der Waals surface area (Å²) in [6, 6.07) is 0.642. The molecule has 0 aromatic heterocycles. The van der Waals surface area contributed by atoms with Gasteiger partial charge in [-0.05, 0) is 38.1 Å². The predicted molar refractivity (Wildman–Crippen MR) is 55.8 cm³/mol. The first-order valence-corrected chi connectivity index (χ1v) is 5.51. The van der Waals surface area contributed by atoms with Crippen LogP contribution in [-0.2, 0) is 4.74 Å². The molecule has 13 heavy (non-hydrogen) atoms. The zero-order valence-electron chi connectivity index (χ0n) is 9.18. The zero-order chi connectivity index (χ0) is 9.68. The van der Waals surface area contributed by atoms with E-state index < -0.39 is 0 Å². The maximum absolute atomic E-state index is 5.33. The molecule has 0 saturated carbocycles. The highest BCUT2D eigenvalue weighted by Gasteiger charge is 2.15. The minimum atomic E-state index is 0.642. The third-order valence-electron chi connectivity index (χ3n) is 3.07. The van der Waals surface area contributed by atoms with Crippen LogP contribution in [0.5, 0.6) is 0 Å². The fourth-order valence-electron chi connectivity index (χ4n) is 1.54. The van der Waals surface area contributed by atoms with Crippen LogP contribution in [0.15, 0.2) is 0 Å². The van der Waals surface area contributed by atoms with Crippen LogP contribution >= 0.6 is 0 Å². The minimum absolute atomic E-state index is 0.642. The van der Waals surface area contributed by atoms with Crippen molar-refractivity contribution in [2.45, 2.75) is 39.7 Å². The average molecular weight is 185 g/mol. The van der Waals surface area contributed by atoms with E-state index in [1.165, 1.54) is 19.4 Å². The van der Waals surface area contributed by atoms with Gasteiger partial charge in [0.05, 0.1) is 0 Å². The highest BCUT2D eigenvalue weighted by atomic mass is 16.5. The Labute approximate surface area is 82.0 Å². The molecule has 1 atom stereocenters. The van der Waals surface area contributed by atoms with Gasteiger partial charge in [-0.1, -0.05) is 13.8 Å². The molecule has 0 aliphatic carbocycles. The quantitative estimate of drug-likeness (QED) is 0.723. The van der Waals surface area contributed by atoms with Crippen LogP contribution in [-0.4, -0.2) is 25.8 Å². The first kappa shape index (κ1) is 11.0. The summed E-state index contributed by atoms with van der Waals surface area (Å²) in [6.45, 7) is 9.89. The smallest absolute Gasteiger partial charge is 0.0469 e. The Balaban J connectivity index is 2.10. The fraction of sp³-hybridized carbons (Fsp3) is 1.00. The molecule has 1 unspecified atom stereocenters. The van der Waals surface area contributed by atoms with Crippen LogP contribution in [0.1, 0.15) is 33.6 Å². The summed E-state index contributed by atoms with van der Waals surface area (Å²) in [4.78, 5) is 0. The summed E-state index contributed by atoms with van der Waals surface area (Å²) >= 11 is 0. The minimum Gasteiger partial charge on any atom is -0.381 e. The number of hydrogen-bond acceptors (Lipinski definition) is 2. The van der Waals surface area contributed by atoms with E-state index in [0.29, 0.717) is 6.04 Å². The fourth-order valence-corrected chi connectivity index (χ4v) is 1.54. The van der Waals surface area contributed by atoms with Crippen LogP contribution < -0.4 is 5.32 Å². The maximum atomic E-state index is 5.33. The molecule has 1 heterocycles. The Morgan fingerprint density at radius 3 is 2.38 bits per heavy atom. The lowest BCUT2D eigenvalue weighted by Crippen LogP contribution is -2.36. The van der Waals surface area contributed by atoms with Crippen molar-refractivity contribution in [1.82, 2.24) is 5.32 Å². The first-order chi connectivity index (χ1) is 6.20. The summed E-state index contributed by atoms with van der Waals surface area (Å²) < 4.78 is 5.33. The monoisotopic (exact) mass is 185 g/mol. The second-order valence-electron chi connectivity index (χ2n) is 4.50. The molecule has 1 rings (SSSR count). The number of hydrogen-bond donors (Lipinski definition) is 1. The molecule has 0 amide bonds. The van der Waals surface area contributed by atoms with Crippen molar-refractivity contribution in [3.8, 4) is 0 Å². The third kappa shape index (κ3) is 4.10. The normalized spacial score (nSPS) is 22.2. The van der Waals surface area contributed by atoms with E-state index in [0.717, 1.165) is 25.0 Å². The molecular weight excluding hydrogens is 162 g/mol. The first-order valence-electron chi connectivity index (χ1n) is 5.51.